The maximum atomic E-state index is 12.9. The van der Waals surface area contributed by atoms with E-state index in [4.69, 9.17) is 5.73 Å². The minimum Gasteiger partial charge on any atom is -0.338 e. The summed E-state index contributed by atoms with van der Waals surface area (Å²) < 4.78 is 0. The van der Waals surface area contributed by atoms with Crippen molar-refractivity contribution in [2.45, 2.75) is 13.3 Å². The van der Waals surface area contributed by atoms with Crippen LogP contribution in [-0.4, -0.2) is 36.3 Å². The number of rotatable bonds is 4. The van der Waals surface area contributed by atoms with Crippen molar-refractivity contribution in [1.29, 1.82) is 0 Å². The first-order chi connectivity index (χ1) is 12.0. The van der Waals surface area contributed by atoms with Gasteiger partial charge in [-0.15, -0.1) is 12.4 Å². The quantitative estimate of drug-likeness (QED) is 0.864. The van der Waals surface area contributed by atoms with Crippen LogP contribution in [0.25, 0.3) is 0 Å². The molecule has 2 aromatic rings. The third-order valence-corrected chi connectivity index (χ3v) is 4.78. The third kappa shape index (κ3) is 4.23. The number of nitrogens with one attached hydrogen (secondary N) is 1. The Morgan fingerprint density at radius 3 is 2.42 bits per heavy atom. The van der Waals surface area contributed by atoms with Crippen molar-refractivity contribution >= 4 is 29.9 Å². The van der Waals surface area contributed by atoms with Crippen LogP contribution in [0.4, 0.5) is 5.69 Å². The van der Waals surface area contributed by atoms with Crippen LogP contribution in [0.3, 0.4) is 0 Å². The van der Waals surface area contributed by atoms with E-state index in [9.17, 15) is 9.59 Å². The summed E-state index contributed by atoms with van der Waals surface area (Å²) in [6.45, 7) is 3.99. The second-order valence-corrected chi connectivity index (χ2v) is 6.86. The van der Waals surface area contributed by atoms with Crippen LogP contribution >= 0.6 is 12.4 Å². The number of amides is 2. The SMILES string of the molecule is CC1(CN)CCN(C(=O)c2ccccc2NC(=O)c2ccccc2)C1.Cl. The molecule has 1 unspecified atom stereocenters. The molecule has 0 aromatic heterocycles. The molecule has 1 atom stereocenters. The number of carbonyl (C=O) groups excluding carboxylic acids is 2. The maximum absolute atomic E-state index is 12.9. The van der Waals surface area contributed by atoms with Gasteiger partial charge in [0, 0.05) is 18.7 Å². The number of carbonyl (C=O) groups is 2. The summed E-state index contributed by atoms with van der Waals surface area (Å²) in [4.78, 5) is 27.2. The van der Waals surface area contributed by atoms with Gasteiger partial charge in [-0.1, -0.05) is 37.3 Å². The topological polar surface area (TPSA) is 75.4 Å². The predicted octanol–water partition coefficient (Wildman–Crippen LogP) is 3.17. The number of anilines is 1. The largest absolute Gasteiger partial charge is 0.338 e. The molecule has 1 aliphatic heterocycles. The van der Waals surface area contributed by atoms with Crippen LogP contribution in [-0.2, 0) is 0 Å². The Hall–Kier alpha value is -2.37. The Morgan fingerprint density at radius 2 is 1.77 bits per heavy atom. The van der Waals surface area contributed by atoms with Gasteiger partial charge in [-0.05, 0) is 42.6 Å². The van der Waals surface area contributed by atoms with Crippen molar-refractivity contribution in [3.8, 4) is 0 Å². The Balaban J connectivity index is 0.00000243. The zero-order valence-electron chi connectivity index (χ0n) is 14.8. The summed E-state index contributed by atoms with van der Waals surface area (Å²) in [6, 6.07) is 16.1. The second-order valence-electron chi connectivity index (χ2n) is 6.86. The van der Waals surface area contributed by atoms with Gasteiger partial charge in [0.05, 0.1) is 11.3 Å². The lowest BCUT2D eigenvalue weighted by atomic mass is 9.90. The van der Waals surface area contributed by atoms with Crippen molar-refractivity contribution < 1.29 is 9.59 Å². The number of halogens is 1. The lowest BCUT2D eigenvalue weighted by molar-refractivity contribution is 0.0778. The summed E-state index contributed by atoms with van der Waals surface area (Å²) in [5.74, 6) is -0.296. The minimum absolute atomic E-state index is 0. The highest BCUT2D eigenvalue weighted by Gasteiger charge is 2.35. The Kier molecular flexibility index (Phi) is 6.40. The molecule has 1 fully saturated rings. The van der Waals surface area contributed by atoms with Gasteiger partial charge >= 0.3 is 0 Å². The third-order valence-electron chi connectivity index (χ3n) is 4.78. The van der Waals surface area contributed by atoms with E-state index in [0.29, 0.717) is 36.4 Å². The highest BCUT2D eigenvalue weighted by atomic mass is 35.5. The van der Waals surface area contributed by atoms with Crippen LogP contribution in [0, 0.1) is 5.41 Å². The van der Waals surface area contributed by atoms with E-state index in [2.05, 4.69) is 12.2 Å². The summed E-state index contributed by atoms with van der Waals surface area (Å²) in [7, 11) is 0. The van der Waals surface area contributed by atoms with Crippen molar-refractivity contribution in [2.24, 2.45) is 11.1 Å². The van der Waals surface area contributed by atoms with Crippen molar-refractivity contribution in [3.63, 3.8) is 0 Å². The second kappa shape index (κ2) is 8.34. The molecule has 3 rings (SSSR count). The van der Waals surface area contributed by atoms with Crippen LogP contribution in [0.15, 0.2) is 54.6 Å². The highest BCUT2D eigenvalue weighted by Crippen LogP contribution is 2.30. The molecule has 6 heteroatoms. The molecule has 138 valence electrons. The molecule has 1 heterocycles. The van der Waals surface area contributed by atoms with Crippen LogP contribution < -0.4 is 11.1 Å². The van der Waals surface area contributed by atoms with Gasteiger partial charge in [-0.2, -0.15) is 0 Å². The average molecular weight is 374 g/mol. The molecular formula is C20H24ClN3O2. The van der Waals surface area contributed by atoms with Crippen molar-refractivity contribution in [1.82, 2.24) is 4.90 Å². The smallest absolute Gasteiger partial charge is 0.255 e. The lowest BCUT2D eigenvalue weighted by Gasteiger charge is -2.23. The van der Waals surface area contributed by atoms with E-state index < -0.39 is 0 Å². The van der Waals surface area contributed by atoms with Gasteiger partial charge < -0.3 is 16.0 Å². The molecule has 5 nitrogen and oxygen atoms in total. The first-order valence-electron chi connectivity index (χ1n) is 8.47. The first kappa shape index (κ1) is 19.9. The number of hydrogen-bond donors (Lipinski definition) is 2. The molecule has 0 saturated carbocycles. The zero-order chi connectivity index (χ0) is 17.9. The maximum Gasteiger partial charge on any atom is 0.255 e. The fourth-order valence-corrected chi connectivity index (χ4v) is 3.10. The van der Waals surface area contributed by atoms with Gasteiger partial charge in [0.25, 0.3) is 11.8 Å². The normalized spacial score (nSPS) is 18.9. The summed E-state index contributed by atoms with van der Waals surface area (Å²) in [6.07, 6.45) is 0.897. The van der Waals surface area contributed by atoms with E-state index in [-0.39, 0.29) is 29.6 Å². The number of benzene rings is 2. The van der Waals surface area contributed by atoms with E-state index >= 15 is 0 Å². The molecule has 2 aromatic carbocycles. The Morgan fingerprint density at radius 1 is 1.12 bits per heavy atom. The van der Waals surface area contributed by atoms with Gasteiger partial charge in [-0.25, -0.2) is 0 Å². The molecule has 1 saturated heterocycles. The van der Waals surface area contributed by atoms with Gasteiger partial charge in [0.1, 0.15) is 0 Å². The zero-order valence-corrected chi connectivity index (χ0v) is 15.6. The summed E-state index contributed by atoms with van der Waals surface area (Å²) in [5.41, 5.74) is 7.40. The Bertz CT molecular complexity index is 782. The molecule has 3 N–H and O–H groups in total. The van der Waals surface area contributed by atoms with Crippen molar-refractivity contribution in [2.75, 3.05) is 25.0 Å². The number of nitrogens with two attached hydrogens (primary N) is 1. The molecule has 0 bridgehead atoms. The number of para-hydroxylation sites is 1. The van der Waals surface area contributed by atoms with E-state index in [1.807, 2.05) is 35.2 Å². The lowest BCUT2D eigenvalue weighted by Crippen LogP contribution is -2.34. The number of likely N-dealkylation sites (tertiary alicyclic amines) is 1. The van der Waals surface area contributed by atoms with Crippen LogP contribution in [0.5, 0.6) is 0 Å². The summed E-state index contributed by atoms with van der Waals surface area (Å²) >= 11 is 0. The molecule has 0 aliphatic carbocycles. The molecule has 26 heavy (non-hydrogen) atoms. The van der Waals surface area contributed by atoms with Gasteiger partial charge in [0.15, 0.2) is 0 Å². The van der Waals surface area contributed by atoms with Gasteiger partial charge in [0.2, 0.25) is 0 Å². The standard InChI is InChI=1S/C20H23N3O2.ClH/c1-20(13-21)11-12-23(14-20)19(25)16-9-5-6-10-17(16)22-18(24)15-7-3-2-4-8-15;/h2-10H,11-14,21H2,1H3,(H,22,24);1H. The molecule has 0 spiro atoms. The predicted molar refractivity (Wildman–Crippen MR) is 106 cm³/mol. The fourth-order valence-electron chi connectivity index (χ4n) is 3.10. The van der Waals surface area contributed by atoms with E-state index in [1.165, 1.54) is 0 Å². The monoisotopic (exact) mass is 373 g/mol. The van der Waals surface area contributed by atoms with E-state index in [0.717, 1.165) is 6.42 Å². The van der Waals surface area contributed by atoms with Gasteiger partial charge in [-0.3, -0.25) is 9.59 Å². The average Bonchev–Trinajstić information content (AvgIpc) is 3.05. The van der Waals surface area contributed by atoms with E-state index in [1.54, 1.807) is 24.3 Å². The van der Waals surface area contributed by atoms with Crippen LogP contribution in [0.1, 0.15) is 34.1 Å². The molecular weight excluding hydrogens is 350 g/mol. The highest BCUT2D eigenvalue weighted by molar-refractivity contribution is 6.09. The fraction of sp³-hybridized carbons (Fsp3) is 0.300. The minimum atomic E-state index is -0.228. The number of hydrogen-bond acceptors (Lipinski definition) is 3. The van der Waals surface area contributed by atoms with Crippen molar-refractivity contribution in [3.05, 3.63) is 65.7 Å². The molecule has 1 aliphatic rings. The van der Waals surface area contributed by atoms with Crippen LogP contribution in [0.2, 0.25) is 0 Å². The first-order valence-corrected chi connectivity index (χ1v) is 8.47. The molecule has 0 radical (unpaired) electrons. The molecule has 2 amide bonds. The summed E-state index contributed by atoms with van der Waals surface area (Å²) in [5, 5.41) is 2.85. The Labute approximate surface area is 160 Å². The number of nitrogens with zero attached hydrogens (tertiary/aromatic N) is 1.